The smallest absolute Gasteiger partial charge is 0.251 e. The summed E-state index contributed by atoms with van der Waals surface area (Å²) in [5.74, 6) is -0.144. The number of anilines is 1. The van der Waals surface area contributed by atoms with Gasteiger partial charge in [-0.25, -0.2) is 0 Å². The van der Waals surface area contributed by atoms with E-state index < -0.39 is 0 Å². The monoisotopic (exact) mass is 330 g/mol. The van der Waals surface area contributed by atoms with E-state index in [1.54, 1.807) is 24.3 Å². The van der Waals surface area contributed by atoms with E-state index in [-0.39, 0.29) is 18.4 Å². The Balaban J connectivity index is 1.85. The van der Waals surface area contributed by atoms with Crippen molar-refractivity contribution >= 4 is 29.1 Å². The van der Waals surface area contributed by atoms with Gasteiger partial charge in [-0.1, -0.05) is 37.6 Å². The van der Waals surface area contributed by atoms with Gasteiger partial charge in [-0.15, -0.1) is 0 Å². The molecule has 0 spiro atoms. The molecule has 2 aromatic carbocycles. The van der Waals surface area contributed by atoms with E-state index in [2.05, 4.69) is 24.5 Å². The molecule has 5 heteroatoms. The zero-order chi connectivity index (χ0) is 16.8. The van der Waals surface area contributed by atoms with Crippen LogP contribution in [0.2, 0.25) is 5.02 Å². The molecule has 0 unspecified atom stereocenters. The summed E-state index contributed by atoms with van der Waals surface area (Å²) in [7, 11) is 0. The van der Waals surface area contributed by atoms with Gasteiger partial charge >= 0.3 is 0 Å². The molecular formula is C18H19ClN2O2. The molecule has 2 rings (SSSR count). The third-order valence-corrected chi connectivity index (χ3v) is 3.63. The van der Waals surface area contributed by atoms with E-state index in [0.717, 1.165) is 0 Å². The lowest BCUT2D eigenvalue weighted by molar-refractivity contribution is -0.115. The standard InChI is InChI=1S/C18H19ClN2O2/c1-12(2)13-5-9-16(10-6-13)21-17(22)11-20-18(23)14-3-7-15(19)8-4-14/h3-10,12H,11H2,1-2H3,(H,20,23)(H,21,22). The van der Waals surface area contributed by atoms with Gasteiger partial charge in [0.05, 0.1) is 6.54 Å². The maximum Gasteiger partial charge on any atom is 0.251 e. The quantitative estimate of drug-likeness (QED) is 0.875. The Morgan fingerprint density at radius 2 is 1.61 bits per heavy atom. The van der Waals surface area contributed by atoms with E-state index in [0.29, 0.717) is 22.2 Å². The zero-order valence-electron chi connectivity index (χ0n) is 13.1. The number of hydrogen-bond donors (Lipinski definition) is 2. The second kappa shape index (κ2) is 7.79. The summed E-state index contributed by atoms with van der Waals surface area (Å²) >= 11 is 5.77. The first-order chi connectivity index (χ1) is 11.0. The van der Waals surface area contributed by atoms with Crippen molar-refractivity contribution in [1.82, 2.24) is 5.32 Å². The predicted octanol–water partition coefficient (Wildman–Crippen LogP) is 3.83. The third-order valence-electron chi connectivity index (χ3n) is 3.38. The van der Waals surface area contributed by atoms with E-state index in [9.17, 15) is 9.59 Å². The van der Waals surface area contributed by atoms with Gasteiger partial charge in [-0.3, -0.25) is 9.59 Å². The predicted molar refractivity (Wildman–Crippen MR) is 92.9 cm³/mol. The number of hydrogen-bond acceptors (Lipinski definition) is 2. The fourth-order valence-electron chi connectivity index (χ4n) is 2.02. The molecule has 0 aliphatic heterocycles. The van der Waals surface area contributed by atoms with Gasteiger partial charge in [0.25, 0.3) is 5.91 Å². The highest BCUT2D eigenvalue weighted by Gasteiger charge is 2.08. The molecule has 2 amide bonds. The van der Waals surface area contributed by atoms with Crippen LogP contribution in [-0.2, 0) is 4.79 Å². The van der Waals surface area contributed by atoms with Crippen LogP contribution in [0.25, 0.3) is 0 Å². The van der Waals surface area contributed by atoms with Crippen molar-refractivity contribution in [2.75, 3.05) is 11.9 Å². The minimum atomic E-state index is -0.313. The number of carbonyl (C=O) groups excluding carboxylic acids is 2. The molecule has 23 heavy (non-hydrogen) atoms. The van der Waals surface area contributed by atoms with Gasteiger partial charge in [0, 0.05) is 16.3 Å². The van der Waals surface area contributed by atoms with Crippen LogP contribution in [0.5, 0.6) is 0 Å². The average Bonchev–Trinajstić information content (AvgIpc) is 2.54. The highest BCUT2D eigenvalue weighted by molar-refractivity contribution is 6.30. The first kappa shape index (κ1) is 17.0. The Labute approximate surface area is 140 Å². The van der Waals surface area contributed by atoms with Gasteiger partial charge < -0.3 is 10.6 Å². The number of carbonyl (C=O) groups is 2. The van der Waals surface area contributed by atoms with E-state index in [1.807, 2.05) is 24.3 Å². The summed E-state index contributed by atoms with van der Waals surface area (Å²) in [6, 6.07) is 14.2. The van der Waals surface area contributed by atoms with Gasteiger partial charge in [-0.05, 0) is 47.9 Å². The lowest BCUT2D eigenvalue weighted by Gasteiger charge is -2.09. The Hall–Kier alpha value is -2.33. The van der Waals surface area contributed by atoms with Gasteiger partial charge in [0.15, 0.2) is 0 Å². The van der Waals surface area contributed by atoms with E-state index in [1.165, 1.54) is 5.56 Å². The molecule has 120 valence electrons. The van der Waals surface area contributed by atoms with Crippen LogP contribution >= 0.6 is 11.6 Å². The van der Waals surface area contributed by atoms with Crippen LogP contribution in [0.15, 0.2) is 48.5 Å². The Kier molecular flexibility index (Phi) is 5.77. The molecule has 0 aliphatic rings. The molecule has 0 saturated heterocycles. The fourth-order valence-corrected chi connectivity index (χ4v) is 2.15. The average molecular weight is 331 g/mol. The molecule has 0 heterocycles. The topological polar surface area (TPSA) is 58.2 Å². The van der Waals surface area contributed by atoms with Crippen LogP contribution in [0.4, 0.5) is 5.69 Å². The largest absolute Gasteiger partial charge is 0.343 e. The molecule has 2 aromatic rings. The highest BCUT2D eigenvalue weighted by atomic mass is 35.5. The lowest BCUT2D eigenvalue weighted by atomic mass is 10.0. The molecular weight excluding hydrogens is 312 g/mol. The number of nitrogens with one attached hydrogen (secondary N) is 2. The van der Waals surface area contributed by atoms with Gasteiger partial charge in [0.2, 0.25) is 5.91 Å². The zero-order valence-corrected chi connectivity index (χ0v) is 13.9. The molecule has 0 saturated carbocycles. The molecule has 0 bridgehead atoms. The van der Waals surface area contributed by atoms with E-state index in [4.69, 9.17) is 11.6 Å². The normalized spacial score (nSPS) is 10.4. The third kappa shape index (κ3) is 5.11. The Bertz CT molecular complexity index is 679. The number of amides is 2. The van der Waals surface area contributed by atoms with Gasteiger partial charge in [-0.2, -0.15) is 0 Å². The summed E-state index contributed by atoms with van der Waals surface area (Å²) < 4.78 is 0. The molecule has 0 radical (unpaired) electrons. The molecule has 0 fully saturated rings. The second-order valence-corrected chi connectivity index (χ2v) is 5.95. The van der Waals surface area contributed by atoms with Crippen molar-refractivity contribution in [3.8, 4) is 0 Å². The SMILES string of the molecule is CC(C)c1ccc(NC(=O)CNC(=O)c2ccc(Cl)cc2)cc1. The maximum atomic E-state index is 11.9. The summed E-state index contributed by atoms with van der Waals surface area (Å²) in [6.07, 6.45) is 0. The first-order valence-corrected chi connectivity index (χ1v) is 7.77. The van der Waals surface area contributed by atoms with Crippen molar-refractivity contribution in [2.45, 2.75) is 19.8 Å². The minimum Gasteiger partial charge on any atom is -0.343 e. The van der Waals surface area contributed by atoms with Crippen LogP contribution in [0, 0.1) is 0 Å². The number of rotatable bonds is 5. The highest BCUT2D eigenvalue weighted by Crippen LogP contribution is 2.17. The summed E-state index contributed by atoms with van der Waals surface area (Å²) in [5, 5.41) is 5.88. The van der Waals surface area contributed by atoms with Crippen LogP contribution < -0.4 is 10.6 Å². The maximum absolute atomic E-state index is 11.9. The van der Waals surface area contributed by atoms with Crippen molar-refractivity contribution in [3.63, 3.8) is 0 Å². The minimum absolute atomic E-state index is 0.0899. The van der Waals surface area contributed by atoms with Gasteiger partial charge in [0.1, 0.15) is 0 Å². The van der Waals surface area contributed by atoms with Crippen molar-refractivity contribution < 1.29 is 9.59 Å². The number of halogens is 1. The lowest BCUT2D eigenvalue weighted by Crippen LogP contribution is -2.32. The molecule has 2 N–H and O–H groups in total. The first-order valence-electron chi connectivity index (χ1n) is 7.39. The fraction of sp³-hybridized carbons (Fsp3) is 0.222. The summed E-state index contributed by atoms with van der Waals surface area (Å²) in [5.41, 5.74) is 2.38. The molecule has 0 atom stereocenters. The van der Waals surface area contributed by atoms with Crippen LogP contribution in [0.3, 0.4) is 0 Å². The van der Waals surface area contributed by atoms with Crippen molar-refractivity contribution in [1.29, 1.82) is 0 Å². The van der Waals surface area contributed by atoms with Crippen molar-refractivity contribution in [2.24, 2.45) is 0 Å². The molecule has 4 nitrogen and oxygen atoms in total. The molecule has 0 aromatic heterocycles. The summed E-state index contributed by atoms with van der Waals surface area (Å²) in [6.45, 7) is 4.13. The van der Waals surface area contributed by atoms with Crippen molar-refractivity contribution in [3.05, 3.63) is 64.7 Å². The van der Waals surface area contributed by atoms with E-state index >= 15 is 0 Å². The number of benzene rings is 2. The van der Waals surface area contributed by atoms with Crippen LogP contribution in [0.1, 0.15) is 35.7 Å². The Morgan fingerprint density at radius 1 is 1.00 bits per heavy atom. The van der Waals surface area contributed by atoms with Crippen LogP contribution in [-0.4, -0.2) is 18.4 Å². The molecule has 0 aliphatic carbocycles. The summed E-state index contributed by atoms with van der Waals surface area (Å²) in [4.78, 5) is 23.8. The Morgan fingerprint density at radius 3 is 2.17 bits per heavy atom. The second-order valence-electron chi connectivity index (χ2n) is 5.51.